The molecule has 0 aliphatic rings. The largest absolute Gasteiger partial charge is 0.383 e. The fourth-order valence-corrected chi connectivity index (χ4v) is 2.41. The highest BCUT2D eigenvalue weighted by Crippen LogP contribution is 2.18. The molecule has 0 aliphatic carbocycles. The predicted octanol–water partition coefficient (Wildman–Crippen LogP) is 2.07. The lowest BCUT2D eigenvalue weighted by molar-refractivity contribution is 0.184. The number of rotatable bonds is 6. The lowest BCUT2D eigenvalue weighted by Crippen LogP contribution is -2.32. The predicted molar refractivity (Wildman–Crippen MR) is 90.7 cm³/mol. The second-order valence-corrected chi connectivity index (χ2v) is 5.50. The molecule has 0 unspecified atom stereocenters. The van der Waals surface area contributed by atoms with Gasteiger partial charge >= 0.3 is 6.03 Å². The van der Waals surface area contributed by atoms with E-state index in [1.807, 2.05) is 35.0 Å². The number of benzene rings is 1. The van der Waals surface area contributed by atoms with Crippen molar-refractivity contribution < 1.29 is 9.53 Å². The van der Waals surface area contributed by atoms with Gasteiger partial charge in [-0.15, -0.1) is 10.2 Å². The number of ether oxygens (including phenoxy) is 1. The summed E-state index contributed by atoms with van der Waals surface area (Å²) in [6, 6.07) is 7.50. The molecule has 0 saturated carbocycles. The molecule has 24 heavy (non-hydrogen) atoms. The Labute approximate surface area is 139 Å². The summed E-state index contributed by atoms with van der Waals surface area (Å²) in [5.74, 6) is 0.714. The first-order valence-electron chi connectivity index (χ1n) is 7.62. The lowest BCUT2D eigenvalue weighted by Gasteiger charge is -2.18. The second-order valence-electron chi connectivity index (χ2n) is 5.50. The first kappa shape index (κ1) is 16.0. The zero-order chi connectivity index (χ0) is 16.9. The summed E-state index contributed by atoms with van der Waals surface area (Å²) in [6.07, 6.45) is 3.51. The molecule has 0 aliphatic heterocycles. The van der Waals surface area contributed by atoms with Gasteiger partial charge in [-0.2, -0.15) is 0 Å². The Kier molecular flexibility index (Phi) is 4.76. The van der Waals surface area contributed by atoms with Crippen molar-refractivity contribution in [1.82, 2.24) is 24.6 Å². The highest BCUT2D eigenvalue weighted by Gasteiger charge is 2.13. The Bertz CT molecular complexity index is 825. The number of hydrogen-bond donors (Lipinski definition) is 2. The fourth-order valence-electron chi connectivity index (χ4n) is 2.41. The summed E-state index contributed by atoms with van der Waals surface area (Å²) in [4.78, 5) is 17.1. The average Bonchev–Trinajstić information content (AvgIpc) is 3.21. The monoisotopic (exact) mass is 328 g/mol. The lowest BCUT2D eigenvalue weighted by atomic mass is 10.2. The van der Waals surface area contributed by atoms with E-state index in [1.54, 1.807) is 25.4 Å². The third-order valence-corrected chi connectivity index (χ3v) is 3.76. The van der Waals surface area contributed by atoms with Gasteiger partial charge in [-0.1, -0.05) is 0 Å². The first-order chi connectivity index (χ1) is 11.7. The summed E-state index contributed by atoms with van der Waals surface area (Å²) >= 11 is 0. The van der Waals surface area contributed by atoms with Crippen LogP contribution in [0.2, 0.25) is 0 Å². The molecule has 2 N–H and O–H groups in total. The van der Waals surface area contributed by atoms with Crippen LogP contribution < -0.4 is 5.32 Å². The minimum atomic E-state index is -0.203. The van der Waals surface area contributed by atoms with Crippen molar-refractivity contribution in [2.45, 2.75) is 13.1 Å². The second kappa shape index (κ2) is 7.14. The number of amides is 2. The van der Waals surface area contributed by atoms with E-state index in [0.717, 1.165) is 16.6 Å². The van der Waals surface area contributed by atoms with Crippen LogP contribution in [0.1, 0.15) is 5.82 Å². The zero-order valence-electron chi connectivity index (χ0n) is 13.7. The van der Waals surface area contributed by atoms with Crippen LogP contribution in [0.15, 0.2) is 36.8 Å². The van der Waals surface area contributed by atoms with E-state index < -0.39 is 0 Å². The van der Waals surface area contributed by atoms with Crippen LogP contribution in [0.5, 0.6) is 0 Å². The maximum absolute atomic E-state index is 12.4. The Hall–Kier alpha value is -2.87. The number of nitrogens with zero attached hydrogens (tertiary/aromatic N) is 4. The van der Waals surface area contributed by atoms with Gasteiger partial charge < -0.3 is 24.5 Å². The number of nitrogens with one attached hydrogen (secondary N) is 2. The number of carbonyl (C=O) groups excluding carboxylic acids is 1. The molecule has 8 nitrogen and oxygen atoms in total. The maximum atomic E-state index is 12.4. The molecular formula is C16H20N6O2. The summed E-state index contributed by atoms with van der Waals surface area (Å²) in [5.41, 5.74) is 1.78. The SMILES string of the molecule is COCCn1cnnc1CN(C)C(=O)Nc1ccc2[nH]ccc2c1. The van der Waals surface area contributed by atoms with Gasteiger partial charge in [0.25, 0.3) is 0 Å². The number of H-pyrrole nitrogens is 1. The molecule has 2 amide bonds. The van der Waals surface area contributed by atoms with Crippen LogP contribution in [0, 0.1) is 0 Å². The van der Waals surface area contributed by atoms with Gasteiger partial charge in [0, 0.05) is 43.5 Å². The molecule has 2 heterocycles. The van der Waals surface area contributed by atoms with Crippen LogP contribution in [0.4, 0.5) is 10.5 Å². The Morgan fingerprint density at radius 2 is 2.29 bits per heavy atom. The minimum Gasteiger partial charge on any atom is -0.383 e. The number of hydrogen-bond acceptors (Lipinski definition) is 4. The molecule has 8 heteroatoms. The third-order valence-electron chi connectivity index (χ3n) is 3.76. The van der Waals surface area contributed by atoms with Crippen molar-refractivity contribution in [3.05, 3.63) is 42.6 Å². The van der Waals surface area contributed by atoms with Crippen molar-refractivity contribution >= 4 is 22.6 Å². The highest BCUT2D eigenvalue weighted by molar-refractivity contribution is 5.92. The minimum absolute atomic E-state index is 0.203. The molecular weight excluding hydrogens is 308 g/mol. The normalized spacial score (nSPS) is 10.9. The zero-order valence-corrected chi connectivity index (χ0v) is 13.7. The van der Waals surface area contributed by atoms with Gasteiger partial charge in [-0.05, 0) is 24.3 Å². The summed E-state index contributed by atoms with van der Waals surface area (Å²) in [5, 5.41) is 11.9. The standard InChI is InChI=1S/C16H20N6O2/c1-21(10-15-20-18-11-22(15)7-8-24-2)16(23)19-13-3-4-14-12(9-13)5-6-17-14/h3-6,9,11,17H,7-8,10H2,1-2H3,(H,19,23). The van der Waals surface area contributed by atoms with Crippen LogP contribution in [0.3, 0.4) is 0 Å². The molecule has 0 fully saturated rings. The smallest absolute Gasteiger partial charge is 0.321 e. The van der Waals surface area contributed by atoms with Gasteiger partial charge in [0.1, 0.15) is 6.33 Å². The van der Waals surface area contributed by atoms with Gasteiger partial charge in [0.2, 0.25) is 0 Å². The van der Waals surface area contributed by atoms with Gasteiger partial charge in [0.15, 0.2) is 5.82 Å². The number of aromatic amines is 1. The molecule has 3 aromatic rings. The molecule has 126 valence electrons. The Balaban J connectivity index is 1.63. The first-order valence-corrected chi connectivity index (χ1v) is 7.62. The van der Waals surface area contributed by atoms with Crippen molar-refractivity contribution in [2.75, 3.05) is 26.1 Å². The van der Waals surface area contributed by atoms with Crippen molar-refractivity contribution in [3.8, 4) is 0 Å². The van der Waals surface area contributed by atoms with Crippen LogP contribution in [-0.2, 0) is 17.8 Å². The maximum Gasteiger partial charge on any atom is 0.321 e. The van der Waals surface area contributed by atoms with Crippen LogP contribution >= 0.6 is 0 Å². The van der Waals surface area contributed by atoms with Crippen molar-refractivity contribution in [2.24, 2.45) is 0 Å². The van der Waals surface area contributed by atoms with Crippen molar-refractivity contribution in [1.29, 1.82) is 0 Å². The molecule has 1 aromatic carbocycles. The van der Waals surface area contributed by atoms with Crippen LogP contribution in [-0.4, -0.2) is 51.4 Å². The van der Waals surface area contributed by atoms with E-state index >= 15 is 0 Å². The molecule has 0 saturated heterocycles. The van der Waals surface area contributed by atoms with Crippen LogP contribution in [0.25, 0.3) is 10.9 Å². The number of carbonyl (C=O) groups is 1. The molecule has 3 rings (SSSR count). The summed E-state index contributed by atoms with van der Waals surface area (Å²) < 4.78 is 6.93. The number of aromatic nitrogens is 4. The quantitative estimate of drug-likeness (QED) is 0.725. The summed E-state index contributed by atoms with van der Waals surface area (Å²) in [6.45, 7) is 1.58. The van der Waals surface area contributed by atoms with E-state index in [-0.39, 0.29) is 6.03 Å². The highest BCUT2D eigenvalue weighted by atomic mass is 16.5. The number of anilines is 1. The van der Waals surface area contributed by atoms with Gasteiger partial charge in [-0.25, -0.2) is 4.79 Å². The van der Waals surface area contributed by atoms with E-state index in [0.29, 0.717) is 25.5 Å². The van der Waals surface area contributed by atoms with E-state index in [1.165, 1.54) is 0 Å². The fraction of sp³-hybridized carbons (Fsp3) is 0.312. The average molecular weight is 328 g/mol. The van der Waals surface area contributed by atoms with E-state index in [4.69, 9.17) is 4.74 Å². The number of fused-ring (bicyclic) bond motifs is 1. The molecule has 0 radical (unpaired) electrons. The van der Waals surface area contributed by atoms with E-state index in [9.17, 15) is 4.79 Å². The van der Waals surface area contributed by atoms with E-state index in [2.05, 4.69) is 20.5 Å². The number of methoxy groups -OCH3 is 1. The Morgan fingerprint density at radius 1 is 1.42 bits per heavy atom. The Morgan fingerprint density at radius 3 is 3.12 bits per heavy atom. The number of urea groups is 1. The van der Waals surface area contributed by atoms with Gasteiger partial charge in [0.05, 0.1) is 13.2 Å². The molecule has 2 aromatic heterocycles. The topological polar surface area (TPSA) is 88.1 Å². The summed E-state index contributed by atoms with van der Waals surface area (Å²) in [7, 11) is 3.37. The van der Waals surface area contributed by atoms with Gasteiger partial charge in [-0.3, -0.25) is 0 Å². The molecule has 0 atom stereocenters. The molecule has 0 spiro atoms. The molecule has 0 bridgehead atoms. The van der Waals surface area contributed by atoms with Crippen molar-refractivity contribution in [3.63, 3.8) is 0 Å². The third kappa shape index (κ3) is 3.54.